The fraction of sp³-hybridized carbons (Fsp3) is 0.438. The molecule has 1 aliphatic heterocycles. The first kappa shape index (κ1) is 15.6. The average Bonchev–Trinajstić information content (AvgIpc) is 2.51. The van der Waals surface area contributed by atoms with Crippen LogP contribution >= 0.6 is 12.2 Å². The van der Waals surface area contributed by atoms with Gasteiger partial charge in [0.25, 0.3) is 0 Å². The largest absolute Gasteiger partial charge is 0.493 e. The minimum absolute atomic E-state index is 0.207. The quantitative estimate of drug-likeness (QED) is 0.683. The lowest BCUT2D eigenvalue weighted by Gasteiger charge is -2.37. The van der Waals surface area contributed by atoms with E-state index in [9.17, 15) is 0 Å². The number of nitrogens with zero attached hydrogens (tertiary/aromatic N) is 1. The number of benzene rings is 1. The van der Waals surface area contributed by atoms with Gasteiger partial charge in [0.1, 0.15) is 0 Å². The highest BCUT2D eigenvalue weighted by molar-refractivity contribution is 7.80. The molecule has 1 aromatic carbocycles. The molecule has 1 heterocycles. The Morgan fingerprint density at radius 1 is 1.43 bits per heavy atom. The highest BCUT2D eigenvalue weighted by atomic mass is 32.1. The van der Waals surface area contributed by atoms with E-state index in [4.69, 9.17) is 21.7 Å². The van der Waals surface area contributed by atoms with Crippen molar-refractivity contribution >= 4 is 17.3 Å². The Morgan fingerprint density at radius 3 is 2.71 bits per heavy atom. The van der Waals surface area contributed by atoms with Crippen LogP contribution in [0.5, 0.6) is 11.5 Å². The van der Waals surface area contributed by atoms with Crippen LogP contribution in [-0.4, -0.2) is 37.3 Å². The van der Waals surface area contributed by atoms with E-state index in [1.165, 1.54) is 11.1 Å². The van der Waals surface area contributed by atoms with E-state index < -0.39 is 0 Å². The predicted octanol–water partition coefficient (Wildman–Crippen LogP) is 2.68. The Bertz CT molecular complexity index is 545. The maximum atomic E-state index is 5.47. The number of methoxy groups -OCH3 is 2. The normalized spacial score (nSPS) is 16.9. The molecule has 1 unspecified atom stereocenters. The third kappa shape index (κ3) is 3.13. The van der Waals surface area contributed by atoms with Crippen molar-refractivity contribution in [2.24, 2.45) is 0 Å². The second-order valence-electron chi connectivity index (χ2n) is 5.00. The van der Waals surface area contributed by atoms with Crippen LogP contribution in [0.15, 0.2) is 24.8 Å². The van der Waals surface area contributed by atoms with E-state index in [0.29, 0.717) is 6.54 Å². The molecule has 21 heavy (non-hydrogen) atoms. The van der Waals surface area contributed by atoms with Crippen molar-refractivity contribution in [1.82, 2.24) is 10.2 Å². The second kappa shape index (κ2) is 6.80. The Morgan fingerprint density at radius 2 is 2.10 bits per heavy atom. The van der Waals surface area contributed by atoms with Gasteiger partial charge < -0.3 is 19.7 Å². The van der Waals surface area contributed by atoms with Crippen LogP contribution in [-0.2, 0) is 6.42 Å². The molecule has 1 atom stereocenters. The van der Waals surface area contributed by atoms with Gasteiger partial charge in [-0.15, -0.1) is 6.58 Å². The molecule has 2 rings (SSSR count). The van der Waals surface area contributed by atoms with Crippen LogP contribution in [0.4, 0.5) is 0 Å². The fourth-order valence-electron chi connectivity index (χ4n) is 2.68. The molecule has 0 bridgehead atoms. The van der Waals surface area contributed by atoms with Gasteiger partial charge in [0, 0.05) is 13.1 Å². The van der Waals surface area contributed by atoms with Gasteiger partial charge in [-0.3, -0.25) is 0 Å². The molecule has 0 fully saturated rings. The molecule has 0 aliphatic carbocycles. The Labute approximate surface area is 131 Å². The minimum atomic E-state index is 0.207. The summed E-state index contributed by atoms with van der Waals surface area (Å²) in [6, 6.07) is 4.34. The highest BCUT2D eigenvalue weighted by Gasteiger charge is 2.27. The van der Waals surface area contributed by atoms with Crippen LogP contribution in [0, 0.1) is 0 Å². The standard InChI is InChI=1S/C16H22N2O2S/c1-5-7-17-16(21)18-8-6-12-9-14(19-3)15(20-4)10-13(12)11(18)2/h5,9-11H,1,6-8H2,2-4H3,(H,17,21). The van der Waals surface area contributed by atoms with E-state index in [1.807, 2.05) is 6.08 Å². The van der Waals surface area contributed by atoms with Crippen molar-refractivity contribution in [1.29, 1.82) is 0 Å². The molecule has 0 saturated carbocycles. The predicted molar refractivity (Wildman–Crippen MR) is 89.2 cm³/mol. The molecule has 5 heteroatoms. The summed E-state index contributed by atoms with van der Waals surface area (Å²) in [5, 5.41) is 3.96. The summed E-state index contributed by atoms with van der Waals surface area (Å²) < 4.78 is 10.8. The lowest BCUT2D eigenvalue weighted by atomic mass is 9.93. The summed E-state index contributed by atoms with van der Waals surface area (Å²) in [7, 11) is 3.32. The van der Waals surface area contributed by atoms with Gasteiger partial charge in [-0.1, -0.05) is 6.08 Å². The van der Waals surface area contributed by atoms with Crippen molar-refractivity contribution in [3.8, 4) is 11.5 Å². The number of fused-ring (bicyclic) bond motifs is 1. The maximum absolute atomic E-state index is 5.47. The summed E-state index contributed by atoms with van der Waals surface area (Å²) in [4.78, 5) is 2.20. The summed E-state index contributed by atoms with van der Waals surface area (Å²) in [5.41, 5.74) is 2.53. The Kier molecular flexibility index (Phi) is 5.07. The topological polar surface area (TPSA) is 33.7 Å². The van der Waals surface area contributed by atoms with Crippen LogP contribution in [0.1, 0.15) is 24.1 Å². The molecule has 0 radical (unpaired) electrons. The van der Waals surface area contributed by atoms with Crippen LogP contribution in [0.25, 0.3) is 0 Å². The molecular formula is C16H22N2O2S. The zero-order valence-electron chi connectivity index (χ0n) is 12.8. The van der Waals surface area contributed by atoms with E-state index in [1.54, 1.807) is 14.2 Å². The first-order valence-corrected chi connectivity index (χ1v) is 7.43. The highest BCUT2D eigenvalue weighted by Crippen LogP contribution is 2.37. The van der Waals surface area contributed by atoms with Gasteiger partial charge in [-0.05, 0) is 48.8 Å². The second-order valence-corrected chi connectivity index (χ2v) is 5.39. The Balaban J connectivity index is 2.28. The van der Waals surface area contributed by atoms with Crippen LogP contribution in [0.3, 0.4) is 0 Å². The van der Waals surface area contributed by atoms with Crippen molar-refractivity contribution < 1.29 is 9.47 Å². The summed E-state index contributed by atoms with van der Waals surface area (Å²) in [6.45, 7) is 7.44. The fourth-order valence-corrected chi connectivity index (χ4v) is 3.02. The van der Waals surface area contributed by atoms with E-state index >= 15 is 0 Å². The number of hydrogen-bond acceptors (Lipinski definition) is 3. The van der Waals surface area contributed by atoms with E-state index in [0.717, 1.165) is 29.6 Å². The smallest absolute Gasteiger partial charge is 0.169 e. The molecule has 0 amide bonds. The van der Waals surface area contributed by atoms with Gasteiger partial charge >= 0.3 is 0 Å². The first-order valence-electron chi connectivity index (χ1n) is 7.02. The molecule has 1 aromatic rings. The van der Waals surface area contributed by atoms with Crippen molar-refractivity contribution in [2.75, 3.05) is 27.3 Å². The third-order valence-electron chi connectivity index (χ3n) is 3.84. The van der Waals surface area contributed by atoms with Gasteiger partial charge in [0.05, 0.1) is 20.3 Å². The van der Waals surface area contributed by atoms with Crippen LogP contribution < -0.4 is 14.8 Å². The van der Waals surface area contributed by atoms with E-state index in [-0.39, 0.29) is 6.04 Å². The number of nitrogens with one attached hydrogen (secondary N) is 1. The summed E-state index contributed by atoms with van der Waals surface area (Å²) in [6.07, 6.45) is 2.75. The van der Waals surface area contributed by atoms with Crippen molar-refractivity contribution in [3.05, 3.63) is 35.9 Å². The number of hydrogen-bond donors (Lipinski definition) is 1. The van der Waals surface area contributed by atoms with Gasteiger partial charge in [0.15, 0.2) is 16.6 Å². The van der Waals surface area contributed by atoms with E-state index in [2.05, 4.69) is 35.9 Å². The lowest BCUT2D eigenvalue weighted by Crippen LogP contribution is -2.44. The van der Waals surface area contributed by atoms with Crippen molar-refractivity contribution in [3.63, 3.8) is 0 Å². The zero-order valence-corrected chi connectivity index (χ0v) is 13.6. The Hall–Kier alpha value is -1.75. The summed E-state index contributed by atoms with van der Waals surface area (Å²) in [5.74, 6) is 1.54. The first-order chi connectivity index (χ1) is 10.1. The average molecular weight is 306 g/mol. The molecule has 0 aromatic heterocycles. The van der Waals surface area contributed by atoms with Crippen molar-refractivity contribution in [2.45, 2.75) is 19.4 Å². The third-order valence-corrected chi connectivity index (χ3v) is 4.22. The molecule has 0 saturated heterocycles. The molecular weight excluding hydrogens is 284 g/mol. The molecule has 1 aliphatic rings. The molecule has 0 spiro atoms. The van der Waals surface area contributed by atoms with Gasteiger partial charge in [0.2, 0.25) is 0 Å². The molecule has 1 N–H and O–H groups in total. The lowest BCUT2D eigenvalue weighted by molar-refractivity contribution is 0.309. The summed E-state index contributed by atoms with van der Waals surface area (Å²) >= 11 is 5.47. The van der Waals surface area contributed by atoms with Crippen LogP contribution in [0.2, 0.25) is 0 Å². The SMILES string of the molecule is C=CCNC(=S)N1CCc2cc(OC)c(OC)cc2C1C. The molecule has 4 nitrogen and oxygen atoms in total. The number of rotatable bonds is 4. The zero-order chi connectivity index (χ0) is 15.4. The monoisotopic (exact) mass is 306 g/mol. The minimum Gasteiger partial charge on any atom is -0.493 e. The van der Waals surface area contributed by atoms with Gasteiger partial charge in [-0.25, -0.2) is 0 Å². The number of ether oxygens (including phenoxy) is 2. The molecule has 114 valence electrons. The maximum Gasteiger partial charge on any atom is 0.169 e. The van der Waals surface area contributed by atoms with Gasteiger partial charge in [-0.2, -0.15) is 0 Å². The number of thiocarbonyl (C=S) groups is 1.